The summed E-state index contributed by atoms with van der Waals surface area (Å²) in [5, 5.41) is 3.10. The Kier molecular flexibility index (Phi) is 4.65. The number of amides is 1. The fourth-order valence-corrected chi connectivity index (χ4v) is 2.90. The van der Waals surface area contributed by atoms with E-state index in [1.807, 2.05) is 44.3 Å². The third-order valence-electron chi connectivity index (χ3n) is 4.10. The van der Waals surface area contributed by atoms with Gasteiger partial charge in [0.05, 0.1) is 18.7 Å². The van der Waals surface area contributed by atoms with Crippen molar-refractivity contribution in [3.8, 4) is 5.75 Å². The van der Waals surface area contributed by atoms with E-state index in [0.717, 1.165) is 36.7 Å². The van der Waals surface area contributed by atoms with Crippen LogP contribution in [0.5, 0.6) is 5.75 Å². The maximum Gasteiger partial charge on any atom is 0.223 e. The number of hydrogen-bond donors (Lipinski definition) is 1. The Bertz CT molecular complexity index is 676. The zero-order chi connectivity index (χ0) is 16.2. The van der Waals surface area contributed by atoms with E-state index in [1.54, 1.807) is 0 Å². The Labute approximate surface area is 136 Å². The van der Waals surface area contributed by atoms with Crippen molar-refractivity contribution >= 4 is 5.91 Å². The fraction of sp³-hybridized carbons (Fsp3) is 0.444. The molecule has 0 saturated carbocycles. The van der Waals surface area contributed by atoms with Gasteiger partial charge in [0.15, 0.2) is 0 Å². The monoisotopic (exact) mass is 313 g/mol. The van der Waals surface area contributed by atoms with Crippen LogP contribution in [0.1, 0.15) is 29.9 Å². The van der Waals surface area contributed by atoms with Crippen LogP contribution in [0.3, 0.4) is 0 Å². The van der Waals surface area contributed by atoms with Crippen LogP contribution >= 0.6 is 0 Å². The van der Waals surface area contributed by atoms with E-state index in [0.29, 0.717) is 13.0 Å². The van der Waals surface area contributed by atoms with Gasteiger partial charge in [0.25, 0.3) is 0 Å². The van der Waals surface area contributed by atoms with Crippen LogP contribution in [0.25, 0.3) is 0 Å². The predicted molar refractivity (Wildman–Crippen MR) is 88.5 cm³/mol. The molecule has 0 aliphatic carbocycles. The normalized spacial score (nSPS) is 16.7. The first-order chi connectivity index (χ1) is 11.1. The van der Waals surface area contributed by atoms with Gasteiger partial charge < -0.3 is 14.6 Å². The number of nitrogens with one attached hydrogen (secondary N) is 1. The Morgan fingerprint density at radius 1 is 1.35 bits per heavy atom. The minimum atomic E-state index is 0.0439. The second-order valence-electron chi connectivity index (χ2n) is 6.17. The summed E-state index contributed by atoms with van der Waals surface area (Å²) in [5.74, 6) is 1.97. The minimum Gasteiger partial charge on any atom is -0.493 e. The molecule has 1 unspecified atom stereocenters. The second-order valence-corrected chi connectivity index (χ2v) is 6.17. The maximum atomic E-state index is 12.1. The molecular formula is C18H23N3O2. The van der Waals surface area contributed by atoms with Crippen molar-refractivity contribution in [1.82, 2.24) is 14.9 Å². The first-order valence-electron chi connectivity index (χ1n) is 8.11. The van der Waals surface area contributed by atoms with Crippen molar-refractivity contribution in [2.24, 2.45) is 0 Å². The molecule has 2 heterocycles. The van der Waals surface area contributed by atoms with Crippen molar-refractivity contribution < 1.29 is 9.53 Å². The largest absolute Gasteiger partial charge is 0.493 e. The van der Waals surface area contributed by atoms with Crippen molar-refractivity contribution in [3.63, 3.8) is 0 Å². The highest BCUT2D eigenvalue weighted by Gasteiger charge is 2.20. The highest BCUT2D eigenvalue weighted by Crippen LogP contribution is 2.15. The number of imidazole rings is 1. The quantitative estimate of drug-likeness (QED) is 0.922. The van der Waals surface area contributed by atoms with Gasteiger partial charge in [-0.05, 0) is 32.4 Å². The first kappa shape index (κ1) is 15.6. The van der Waals surface area contributed by atoms with E-state index < -0.39 is 0 Å². The molecule has 122 valence electrons. The molecule has 1 aliphatic heterocycles. The van der Waals surface area contributed by atoms with E-state index in [4.69, 9.17) is 4.74 Å². The van der Waals surface area contributed by atoms with E-state index in [9.17, 15) is 4.79 Å². The van der Waals surface area contributed by atoms with Crippen molar-refractivity contribution in [3.05, 3.63) is 47.5 Å². The summed E-state index contributed by atoms with van der Waals surface area (Å²) in [6.45, 7) is 5.24. The van der Waals surface area contributed by atoms with Crippen LogP contribution in [0.4, 0.5) is 0 Å². The summed E-state index contributed by atoms with van der Waals surface area (Å²) >= 11 is 0. The lowest BCUT2D eigenvalue weighted by molar-refractivity contribution is -0.122. The summed E-state index contributed by atoms with van der Waals surface area (Å²) in [6, 6.07) is 8.04. The van der Waals surface area contributed by atoms with Crippen LogP contribution in [0, 0.1) is 13.8 Å². The summed E-state index contributed by atoms with van der Waals surface area (Å²) in [5.41, 5.74) is 2.24. The molecule has 3 rings (SSSR count). The van der Waals surface area contributed by atoms with Crippen molar-refractivity contribution in [1.29, 1.82) is 0 Å². The van der Waals surface area contributed by atoms with Crippen molar-refractivity contribution in [2.75, 3.05) is 6.61 Å². The Morgan fingerprint density at radius 3 is 2.91 bits per heavy atom. The number of carbonyl (C=O) groups excluding carboxylic acids is 1. The summed E-state index contributed by atoms with van der Waals surface area (Å²) in [6.07, 6.45) is 4.29. The molecule has 0 fully saturated rings. The molecule has 5 nitrogen and oxygen atoms in total. The number of rotatable bonds is 5. The lowest BCUT2D eigenvalue weighted by atomic mass is 10.1. The van der Waals surface area contributed by atoms with Crippen LogP contribution < -0.4 is 10.1 Å². The molecule has 1 atom stereocenters. The number of aryl methyl sites for hydroxylation is 3. The van der Waals surface area contributed by atoms with Gasteiger partial charge in [-0.2, -0.15) is 0 Å². The van der Waals surface area contributed by atoms with E-state index in [2.05, 4.69) is 14.9 Å². The van der Waals surface area contributed by atoms with Gasteiger partial charge in [0.1, 0.15) is 11.6 Å². The Hall–Kier alpha value is -2.30. The maximum absolute atomic E-state index is 12.1. The molecule has 1 aromatic heterocycles. The van der Waals surface area contributed by atoms with Crippen LogP contribution in [-0.4, -0.2) is 28.1 Å². The smallest absolute Gasteiger partial charge is 0.223 e. The van der Waals surface area contributed by atoms with Gasteiger partial charge in [0, 0.05) is 25.2 Å². The van der Waals surface area contributed by atoms with Crippen molar-refractivity contribution in [2.45, 2.75) is 45.7 Å². The fourth-order valence-electron chi connectivity index (χ4n) is 2.90. The van der Waals surface area contributed by atoms with Gasteiger partial charge in [0.2, 0.25) is 5.91 Å². The van der Waals surface area contributed by atoms with E-state index in [1.165, 1.54) is 5.56 Å². The average Bonchev–Trinajstić information content (AvgIpc) is 2.88. The third-order valence-corrected chi connectivity index (χ3v) is 4.10. The van der Waals surface area contributed by atoms with Crippen LogP contribution in [0.15, 0.2) is 30.5 Å². The third kappa shape index (κ3) is 4.12. The first-order valence-corrected chi connectivity index (χ1v) is 8.11. The molecule has 23 heavy (non-hydrogen) atoms. The van der Waals surface area contributed by atoms with Gasteiger partial charge in [-0.1, -0.05) is 17.7 Å². The molecule has 0 saturated heterocycles. The topological polar surface area (TPSA) is 56.1 Å². The Morgan fingerprint density at radius 2 is 2.13 bits per heavy atom. The highest BCUT2D eigenvalue weighted by molar-refractivity contribution is 5.76. The van der Waals surface area contributed by atoms with E-state index >= 15 is 0 Å². The molecule has 0 spiro atoms. The zero-order valence-corrected chi connectivity index (χ0v) is 13.7. The van der Waals surface area contributed by atoms with Gasteiger partial charge in [-0.15, -0.1) is 0 Å². The van der Waals surface area contributed by atoms with Gasteiger partial charge in [-0.3, -0.25) is 4.79 Å². The molecule has 5 heteroatoms. The number of hydrogen-bond acceptors (Lipinski definition) is 3. The summed E-state index contributed by atoms with van der Waals surface area (Å²) in [4.78, 5) is 16.5. The van der Waals surface area contributed by atoms with Crippen LogP contribution in [-0.2, 0) is 17.8 Å². The number of carbonyl (C=O) groups is 1. The molecule has 0 bridgehead atoms. The second kappa shape index (κ2) is 6.86. The van der Waals surface area contributed by atoms with E-state index in [-0.39, 0.29) is 11.9 Å². The van der Waals surface area contributed by atoms with Gasteiger partial charge in [-0.25, -0.2) is 4.98 Å². The lowest BCUT2D eigenvalue weighted by Crippen LogP contribution is -2.41. The molecular weight excluding hydrogens is 290 g/mol. The molecule has 1 aromatic carbocycles. The standard InChI is InChI=1S/C18H23N3O2/c1-13-3-6-16(7-4-13)23-10-9-18(22)20-15-5-8-17-19-14(2)11-21(17)12-15/h3-4,6-7,11,15H,5,8-10,12H2,1-2H3,(H,20,22). The molecule has 2 aromatic rings. The number of benzene rings is 1. The number of ether oxygens (including phenoxy) is 1. The molecule has 1 aliphatic rings. The summed E-state index contributed by atoms with van der Waals surface area (Å²) < 4.78 is 7.75. The lowest BCUT2D eigenvalue weighted by Gasteiger charge is -2.24. The summed E-state index contributed by atoms with van der Waals surface area (Å²) in [7, 11) is 0. The number of fused-ring (bicyclic) bond motifs is 1. The SMILES string of the molecule is Cc1ccc(OCCC(=O)NC2CCc3nc(C)cn3C2)cc1. The molecule has 1 amide bonds. The number of nitrogens with zero attached hydrogens (tertiary/aromatic N) is 2. The Balaban J connectivity index is 1.42. The molecule has 0 radical (unpaired) electrons. The van der Waals surface area contributed by atoms with Gasteiger partial charge >= 0.3 is 0 Å². The average molecular weight is 313 g/mol. The highest BCUT2D eigenvalue weighted by atomic mass is 16.5. The van der Waals surface area contributed by atoms with Crippen LogP contribution in [0.2, 0.25) is 0 Å². The number of aromatic nitrogens is 2. The minimum absolute atomic E-state index is 0.0439. The zero-order valence-electron chi connectivity index (χ0n) is 13.7. The predicted octanol–water partition coefficient (Wildman–Crippen LogP) is 2.40. The molecule has 1 N–H and O–H groups in total.